The van der Waals surface area contributed by atoms with Crippen LogP contribution in [0.2, 0.25) is 0 Å². The molecule has 108 valence electrons. The molecule has 0 saturated heterocycles. The highest BCUT2D eigenvalue weighted by atomic mass is 16.5. The van der Waals surface area contributed by atoms with Gasteiger partial charge >= 0.3 is 0 Å². The minimum Gasteiger partial charge on any atom is -0.496 e. The van der Waals surface area contributed by atoms with Crippen LogP contribution in [0.5, 0.6) is 11.5 Å². The summed E-state index contributed by atoms with van der Waals surface area (Å²) in [6, 6.07) is 15.6. The summed E-state index contributed by atoms with van der Waals surface area (Å²) in [5, 5.41) is 1.11. The van der Waals surface area contributed by atoms with E-state index in [1.807, 2.05) is 36.4 Å². The van der Waals surface area contributed by atoms with Crippen molar-refractivity contribution >= 4 is 16.6 Å². The highest BCUT2D eigenvalue weighted by Gasteiger charge is 2.05. The van der Waals surface area contributed by atoms with Gasteiger partial charge in [-0.3, -0.25) is 0 Å². The van der Waals surface area contributed by atoms with Crippen molar-refractivity contribution in [3.63, 3.8) is 0 Å². The van der Waals surface area contributed by atoms with Crippen molar-refractivity contribution in [2.24, 2.45) is 0 Å². The molecule has 1 heterocycles. The van der Waals surface area contributed by atoms with Gasteiger partial charge in [0.25, 0.3) is 0 Å². The molecule has 0 radical (unpaired) electrons. The first-order valence-corrected chi connectivity index (χ1v) is 6.88. The standard InChI is InChI=1S/C17H18N2O2/c1-20-17-7-3-6-16-15(17)8-9-19(16)10-11-21-14-5-2-4-13(18)12-14/h2-9,12H,10-11,18H2,1H3. The van der Waals surface area contributed by atoms with E-state index in [9.17, 15) is 0 Å². The van der Waals surface area contributed by atoms with Gasteiger partial charge in [-0.25, -0.2) is 0 Å². The van der Waals surface area contributed by atoms with E-state index in [4.69, 9.17) is 15.2 Å². The molecule has 4 nitrogen and oxygen atoms in total. The van der Waals surface area contributed by atoms with Crippen LogP contribution < -0.4 is 15.2 Å². The van der Waals surface area contributed by atoms with Crippen LogP contribution in [0.3, 0.4) is 0 Å². The average Bonchev–Trinajstić information content (AvgIpc) is 2.91. The lowest BCUT2D eigenvalue weighted by atomic mass is 10.2. The minimum absolute atomic E-state index is 0.588. The molecule has 3 rings (SSSR count). The fraction of sp³-hybridized carbons (Fsp3) is 0.176. The number of fused-ring (bicyclic) bond motifs is 1. The Hall–Kier alpha value is -2.62. The predicted molar refractivity (Wildman–Crippen MR) is 84.8 cm³/mol. The van der Waals surface area contributed by atoms with Crippen LogP contribution in [0.4, 0.5) is 5.69 Å². The molecule has 3 aromatic rings. The molecule has 0 saturated carbocycles. The maximum Gasteiger partial charge on any atom is 0.128 e. The Labute approximate surface area is 123 Å². The van der Waals surface area contributed by atoms with Gasteiger partial charge in [0.15, 0.2) is 0 Å². The van der Waals surface area contributed by atoms with Gasteiger partial charge < -0.3 is 19.8 Å². The molecular weight excluding hydrogens is 264 g/mol. The van der Waals surface area contributed by atoms with Crippen LogP contribution in [-0.4, -0.2) is 18.3 Å². The lowest BCUT2D eigenvalue weighted by molar-refractivity contribution is 0.300. The molecular formula is C17H18N2O2. The van der Waals surface area contributed by atoms with Crippen molar-refractivity contribution in [2.75, 3.05) is 19.5 Å². The zero-order valence-electron chi connectivity index (χ0n) is 12.0. The van der Waals surface area contributed by atoms with Gasteiger partial charge in [0, 0.05) is 23.3 Å². The monoisotopic (exact) mass is 282 g/mol. The number of rotatable bonds is 5. The maximum atomic E-state index is 5.73. The fourth-order valence-corrected chi connectivity index (χ4v) is 2.43. The zero-order chi connectivity index (χ0) is 14.7. The number of ether oxygens (including phenoxy) is 2. The van der Waals surface area contributed by atoms with Crippen molar-refractivity contribution in [3.8, 4) is 11.5 Å². The van der Waals surface area contributed by atoms with Gasteiger partial charge in [-0.2, -0.15) is 0 Å². The first-order chi connectivity index (χ1) is 10.3. The number of benzene rings is 2. The van der Waals surface area contributed by atoms with Gasteiger partial charge in [-0.05, 0) is 30.3 Å². The zero-order valence-corrected chi connectivity index (χ0v) is 12.0. The molecule has 0 unspecified atom stereocenters. The van der Waals surface area contributed by atoms with E-state index >= 15 is 0 Å². The van der Waals surface area contributed by atoms with Crippen LogP contribution in [-0.2, 0) is 6.54 Å². The van der Waals surface area contributed by atoms with E-state index in [1.165, 1.54) is 0 Å². The SMILES string of the molecule is COc1cccc2c1ccn2CCOc1cccc(N)c1. The molecule has 0 bridgehead atoms. The Bertz CT molecular complexity index is 749. The summed E-state index contributed by atoms with van der Waals surface area (Å²) in [7, 11) is 1.69. The first kappa shape index (κ1) is 13.4. The highest BCUT2D eigenvalue weighted by molar-refractivity contribution is 5.86. The van der Waals surface area contributed by atoms with Gasteiger partial charge in [-0.15, -0.1) is 0 Å². The maximum absolute atomic E-state index is 5.73. The molecule has 0 atom stereocenters. The third kappa shape index (κ3) is 2.79. The number of nitrogens with zero attached hydrogens (tertiary/aromatic N) is 1. The Kier molecular flexibility index (Phi) is 3.69. The molecule has 4 heteroatoms. The van der Waals surface area contributed by atoms with Crippen molar-refractivity contribution in [3.05, 3.63) is 54.7 Å². The molecule has 2 aromatic carbocycles. The third-order valence-corrected chi connectivity index (χ3v) is 3.45. The predicted octanol–water partition coefficient (Wildman–Crippen LogP) is 3.31. The van der Waals surface area contributed by atoms with E-state index < -0.39 is 0 Å². The summed E-state index contributed by atoms with van der Waals surface area (Å²) >= 11 is 0. The van der Waals surface area contributed by atoms with Gasteiger partial charge in [0.1, 0.15) is 18.1 Å². The van der Waals surface area contributed by atoms with Crippen LogP contribution in [0.25, 0.3) is 10.9 Å². The number of hydrogen-bond donors (Lipinski definition) is 1. The van der Waals surface area contributed by atoms with Gasteiger partial charge in [0.05, 0.1) is 19.2 Å². The lowest BCUT2D eigenvalue weighted by Gasteiger charge is -2.09. The molecule has 2 N–H and O–H groups in total. The van der Waals surface area contributed by atoms with E-state index in [1.54, 1.807) is 7.11 Å². The number of nitrogens with two attached hydrogens (primary N) is 1. The molecule has 1 aromatic heterocycles. The van der Waals surface area contributed by atoms with E-state index in [-0.39, 0.29) is 0 Å². The van der Waals surface area contributed by atoms with Crippen LogP contribution in [0.15, 0.2) is 54.7 Å². The summed E-state index contributed by atoms with van der Waals surface area (Å²) in [4.78, 5) is 0. The smallest absolute Gasteiger partial charge is 0.128 e. The number of nitrogen functional groups attached to an aromatic ring is 1. The van der Waals surface area contributed by atoms with Crippen LogP contribution >= 0.6 is 0 Å². The van der Waals surface area contributed by atoms with Gasteiger partial charge in [0.2, 0.25) is 0 Å². The van der Waals surface area contributed by atoms with Crippen molar-refractivity contribution in [1.82, 2.24) is 4.57 Å². The molecule has 0 amide bonds. The second-order valence-corrected chi connectivity index (χ2v) is 4.82. The third-order valence-electron chi connectivity index (χ3n) is 3.45. The van der Waals surface area contributed by atoms with Gasteiger partial charge in [-0.1, -0.05) is 12.1 Å². The fourth-order valence-electron chi connectivity index (χ4n) is 2.43. The Morgan fingerprint density at radius 3 is 2.76 bits per heavy atom. The second-order valence-electron chi connectivity index (χ2n) is 4.82. The molecule has 0 fully saturated rings. The minimum atomic E-state index is 0.588. The second kappa shape index (κ2) is 5.79. The molecule has 0 aliphatic rings. The molecule has 0 spiro atoms. The lowest BCUT2D eigenvalue weighted by Crippen LogP contribution is -2.07. The largest absolute Gasteiger partial charge is 0.496 e. The Morgan fingerprint density at radius 1 is 1.10 bits per heavy atom. The molecule has 0 aliphatic heterocycles. The number of hydrogen-bond acceptors (Lipinski definition) is 3. The quantitative estimate of drug-likeness (QED) is 0.730. The van der Waals surface area contributed by atoms with E-state index in [0.717, 1.165) is 28.9 Å². The summed E-state index contributed by atoms with van der Waals surface area (Å²) in [5.74, 6) is 1.69. The van der Waals surface area contributed by atoms with E-state index in [0.29, 0.717) is 12.3 Å². The first-order valence-electron chi connectivity index (χ1n) is 6.88. The summed E-state index contributed by atoms with van der Waals surface area (Å²) in [5.41, 5.74) is 7.59. The summed E-state index contributed by atoms with van der Waals surface area (Å²) in [6.07, 6.45) is 2.05. The van der Waals surface area contributed by atoms with Crippen molar-refractivity contribution in [1.29, 1.82) is 0 Å². The summed E-state index contributed by atoms with van der Waals surface area (Å²) < 4.78 is 13.3. The van der Waals surface area contributed by atoms with Crippen LogP contribution in [0.1, 0.15) is 0 Å². The number of aromatic nitrogens is 1. The van der Waals surface area contributed by atoms with Crippen molar-refractivity contribution < 1.29 is 9.47 Å². The van der Waals surface area contributed by atoms with E-state index in [2.05, 4.69) is 22.9 Å². The molecule has 21 heavy (non-hydrogen) atoms. The summed E-state index contributed by atoms with van der Waals surface area (Å²) in [6.45, 7) is 1.36. The van der Waals surface area contributed by atoms with Crippen LogP contribution in [0, 0.1) is 0 Å². The Balaban J connectivity index is 1.71. The average molecular weight is 282 g/mol. The topological polar surface area (TPSA) is 49.4 Å². The normalized spacial score (nSPS) is 10.7. The highest BCUT2D eigenvalue weighted by Crippen LogP contribution is 2.26. The van der Waals surface area contributed by atoms with Crippen molar-refractivity contribution in [2.45, 2.75) is 6.54 Å². The Morgan fingerprint density at radius 2 is 1.95 bits per heavy atom. The number of methoxy groups -OCH3 is 1. The number of anilines is 1. The molecule has 0 aliphatic carbocycles.